The SMILES string of the molecule is CC(C)(C)OC(=O)Nc1nc(NCc2ccc(F)cc2)ccc1[N+](=O)[O-]. The molecule has 8 nitrogen and oxygen atoms in total. The lowest BCUT2D eigenvalue weighted by Crippen LogP contribution is -2.27. The summed E-state index contributed by atoms with van der Waals surface area (Å²) < 4.78 is 18.0. The maximum absolute atomic E-state index is 12.9. The van der Waals surface area contributed by atoms with Gasteiger partial charge in [0.1, 0.15) is 17.2 Å². The number of ether oxygens (including phenoxy) is 1. The van der Waals surface area contributed by atoms with Crippen molar-refractivity contribution in [2.24, 2.45) is 0 Å². The Bertz CT molecular complexity index is 803. The second-order valence-corrected chi connectivity index (χ2v) is 6.43. The molecule has 0 saturated heterocycles. The summed E-state index contributed by atoms with van der Waals surface area (Å²) in [6.07, 6.45) is -0.844. The van der Waals surface area contributed by atoms with Gasteiger partial charge in [-0.25, -0.2) is 14.2 Å². The Morgan fingerprint density at radius 3 is 2.46 bits per heavy atom. The van der Waals surface area contributed by atoms with Gasteiger partial charge in [-0.05, 0) is 44.5 Å². The largest absolute Gasteiger partial charge is 0.444 e. The molecule has 26 heavy (non-hydrogen) atoms. The molecule has 0 saturated carbocycles. The number of nitrogens with one attached hydrogen (secondary N) is 2. The molecule has 0 aliphatic rings. The number of carbonyl (C=O) groups excluding carboxylic acids is 1. The van der Waals surface area contributed by atoms with Crippen molar-refractivity contribution in [3.05, 3.63) is 57.9 Å². The minimum absolute atomic E-state index is 0.228. The summed E-state index contributed by atoms with van der Waals surface area (Å²) in [5.74, 6) is -0.259. The summed E-state index contributed by atoms with van der Waals surface area (Å²) >= 11 is 0. The number of benzene rings is 1. The molecule has 1 aromatic heterocycles. The molecule has 138 valence electrons. The van der Waals surface area contributed by atoms with Gasteiger partial charge in [0.25, 0.3) is 0 Å². The zero-order chi connectivity index (χ0) is 19.3. The summed E-state index contributed by atoms with van der Waals surface area (Å²) in [7, 11) is 0. The fraction of sp³-hybridized carbons (Fsp3) is 0.294. The number of amides is 1. The lowest BCUT2D eigenvalue weighted by atomic mass is 10.2. The normalized spacial score (nSPS) is 10.9. The van der Waals surface area contributed by atoms with Gasteiger partial charge in [0.05, 0.1) is 4.92 Å². The Hall–Kier alpha value is -3.23. The minimum Gasteiger partial charge on any atom is -0.444 e. The highest BCUT2D eigenvalue weighted by Crippen LogP contribution is 2.25. The smallest absolute Gasteiger partial charge is 0.413 e. The zero-order valence-electron chi connectivity index (χ0n) is 14.6. The Labute approximate surface area is 149 Å². The Kier molecular flexibility index (Phi) is 5.71. The van der Waals surface area contributed by atoms with Crippen molar-refractivity contribution < 1.29 is 18.8 Å². The average molecular weight is 362 g/mol. The number of nitrogens with zero attached hydrogens (tertiary/aromatic N) is 2. The highest BCUT2D eigenvalue weighted by atomic mass is 19.1. The number of pyridine rings is 1. The number of hydrogen-bond donors (Lipinski definition) is 2. The third-order valence-electron chi connectivity index (χ3n) is 3.08. The number of nitro groups is 1. The predicted molar refractivity (Wildman–Crippen MR) is 94.5 cm³/mol. The number of carbonyl (C=O) groups is 1. The van der Waals surface area contributed by atoms with Crippen LogP contribution in [0.15, 0.2) is 36.4 Å². The molecule has 1 amide bonds. The maximum Gasteiger partial charge on any atom is 0.413 e. The molecule has 9 heteroatoms. The van der Waals surface area contributed by atoms with Crippen molar-refractivity contribution in [3.8, 4) is 0 Å². The molecule has 0 spiro atoms. The van der Waals surface area contributed by atoms with Crippen LogP contribution in [0.2, 0.25) is 0 Å². The van der Waals surface area contributed by atoms with Crippen molar-refractivity contribution in [2.75, 3.05) is 10.6 Å². The van der Waals surface area contributed by atoms with Gasteiger partial charge < -0.3 is 10.1 Å². The summed E-state index contributed by atoms with van der Waals surface area (Å²) in [6, 6.07) is 8.52. The molecular weight excluding hydrogens is 343 g/mol. The number of rotatable bonds is 5. The molecule has 2 N–H and O–H groups in total. The highest BCUT2D eigenvalue weighted by Gasteiger charge is 2.22. The summed E-state index contributed by atoms with van der Waals surface area (Å²) in [5, 5.41) is 16.4. The third kappa shape index (κ3) is 5.69. The van der Waals surface area contributed by atoms with E-state index in [4.69, 9.17) is 4.74 Å². The number of anilines is 2. The second kappa shape index (κ2) is 7.77. The first-order valence-electron chi connectivity index (χ1n) is 7.78. The van der Waals surface area contributed by atoms with Gasteiger partial charge in [-0.1, -0.05) is 12.1 Å². The van der Waals surface area contributed by atoms with Crippen molar-refractivity contribution in [1.82, 2.24) is 4.98 Å². The number of hydrogen-bond acceptors (Lipinski definition) is 6. The first kappa shape index (κ1) is 19.1. The summed E-state index contributed by atoms with van der Waals surface area (Å²) in [4.78, 5) is 26.4. The van der Waals surface area contributed by atoms with Crippen LogP contribution in [0.1, 0.15) is 26.3 Å². The van der Waals surface area contributed by atoms with Crippen LogP contribution in [0.25, 0.3) is 0 Å². The van der Waals surface area contributed by atoms with E-state index in [9.17, 15) is 19.3 Å². The van der Waals surface area contributed by atoms with Gasteiger partial charge in [0, 0.05) is 12.6 Å². The molecule has 0 atom stereocenters. The second-order valence-electron chi connectivity index (χ2n) is 6.43. The molecule has 0 fully saturated rings. The monoisotopic (exact) mass is 362 g/mol. The fourth-order valence-corrected chi connectivity index (χ4v) is 1.98. The molecule has 2 rings (SSSR count). The lowest BCUT2D eigenvalue weighted by molar-refractivity contribution is -0.384. The molecular formula is C17H19FN4O4. The Morgan fingerprint density at radius 1 is 1.23 bits per heavy atom. The topological polar surface area (TPSA) is 106 Å². The standard InChI is InChI=1S/C17H19FN4O4/c1-17(2,3)26-16(23)21-15-13(22(24)25)8-9-14(20-15)19-10-11-4-6-12(18)7-5-11/h4-9H,10H2,1-3H3,(H2,19,20,21,23). The lowest BCUT2D eigenvalue weighted by Gasteiger charge is -2.19. The van der Waals surface area contributed by atoms with E-state index in [1.807, 2.05) is 0 Å². The summed E-state index contributed by atoms with van der Waals surface area (Å²) in [5.41, 5.74) is -0.312. The van der Waals surface area contributed by atoms with Crippen molar-refractivity contribution in [1.29, 1.82) is 0 Å². The molecule has 1 heterocycles. The highest BCUT2D eigenvalue weighted by molar-refractivity contribution is 5.86. The Balaban J connectivity index is 2.14. The molecule has 0 radical (unpaired) electrons. The van der Waals surface area contributed by atoms with E-state index in [-0.39, 0.29) is 17.3 Å². The predicted octanol–water partition coefficient (Wildman–Crippen LogP) is 4.09. The van der Waals surface area contributed by atoms with Crippen LogP contribution in [0.5, 0.6) is 0 Å². The molecule has 0 aliphatic carbocycles. The van der Waals surface area contributed by atoms with Crippen molar-refractivity contribution in [2.45, 2.75) is 32.9 Å². The van der Waals surface area contributed by atoms with Gasteiger partial charge in [-0.3, -0.25) is 15.4 Å². The van der Waals surface area contributed by atoms with E-state index < -0.39 is 16.6 Å². The summed E-state index contributed by atoms with van der Waals surface area (Å²) in [6.45, 7) is 5.36. The van der Waals surface area contributed by atoms with Crippen LogP contribution < -0.4 is 10.6 Å². The molecule has 1 aromatic carbocycles. The van der Waals surface area contributed by atoms with Gasteiger partial charge in [0.2, 0.25) is 5.82 Å². The number of halogens is 1. The van der Waals surface area contributed by atoms with Gasteiger partial charge >= 0.3 is 11.8 Å². The first-order chi connectivity index (χ1) is 12.1. The van der Waals surface area contributed by atoms with Gasteiger partial charge in [0.15, 0.2) is 0 Å². The van der Waals surface area contributed by atoms with E-state index in [1.54, 1.807) is 32.9 Å². The van der Waals surface area contributed by atoms with Crippen molar-refractivity contribution in [3.63, 3.8) is 0 Å². The van der Waals surface area contributed by atoms with Crippen LogP contribution >= 0.6 is 0 Å². The Morgan fingerprint density at radius 2 is 1.88 bits per heavy atom. The van der Waals surface area contributed by atoms with Crippen LogP contribution in [0.4, 0.5) is 26.5 Å². The zero-order valence-corrected chi connectivity index (χ0v) is 14.6. The van der Waals surface area contributed by atoms with Gasteiger partial charge in [-0.2, -0.15) is 0 Å². The first-order valence-corrected chi connectivity index (χ1v) is 7.78. The van der Waals surface area contributed by atoms with E-state index >= 15 is 0 Å². The molecule has 0 aliphatic heterocycles. The third-order valence-corrected chi connectivity index (χ3v) is 3.08. The molecule has 0 unspecified atom stereocenters. The number of aromatic nitrogens is 1. The van der Waals surface area contributed by atoms with Crippen LogP contribution in [-0.2, 0) is 11.3 Å². The molecule has 2 aromatic rings. The van der Waals surface area contributed by atoms with Gasteiger partial charge in [-0.15, -0.1) is 0 Å². The van der Waals surface area contributed by atoms with Crippen molar-refractivity contribution >= 4 is 23.4 Å². The minimum atomic E-state index is -0.844. The van der Waals surface area contributed by atoms with Crippen LogP contribution in [-0.4, -0.2) is 21.6 Å². The van der Waals surface area contributed by atoms with E-state index in [0.29, 0.717) is 12.4 Å². The fourth-order valence-electron chi connectivity index (χ4n) is 1.98. The van der Waals surface area contributed by atoms with Crippen LogP contribution in [0.3, 0.4) is 0 Å². The maximum atomic E-state index is 12.9. The average Bonchev–Trinajstić information content (AvgIpc) is 2.52. The molecule has 0 bridgehead atoms. The quantitative estimate of drug-likeness (QED) is 0.613. The van der Waals surface area contributed by atoms with Crippen LogP contribution in [0, 0.1) is 15.9 Å². The van der Waals surface area contributed by atoms with E-state index in [2.05, 4.69) is 15.6 Å². The van der Waals surface area contributed by atoms with E-state index in [0.717, 1.165) is 5.56 Å². The van der Waals surface area contributed by atoms with E-state index in [1.165, 1.54) is 24.3 Å².